The molecule has 1 amide bonds. The van der Waals surface area contributed by atoms with Gasteiger partial charge in [-0.05, 0) is 30.3 Å². The maximum Gasteiger partial charge on any atom is 0.337 e. The van der Waals surface area contributed by atoms with E-state index in [9.17, 15) is 9.59 Å². The maximum atomic E-state index is 12.4. The van der Waals surface area contributed by atoms with Crippen molar-refractivity contribution in [3.8, 4) is 11.5 Å². The molecule has 2 aromatic carbocycles. The average Bonchev–Trinajstić information content (AvgIpc) is 3.08. The molecule has 1 aromatic heterocycles. The van der Waals surface area contributed by atoms with Gasteiger partial charge in [-0.3, -0.25) is 4.79 Å². The number of hydrogen-bond acceptors (Lipinski definition) is 6. The van der Waals surface area contributed by atoms with Crippen LogP contribution in [0.15, 0.2) is 60.1 Å². The van der Waals surface area contributed by atoms with Crippen molar-refractivity contribution in [2.75, 3.05) is 20.8 Å². The number of carbonyl (C=O) groups is 2. The Morgan fingerprint density at radius 1 is 1.17 bits per heavy atom. The largest absolute Gasteiger partial charge is 0.497 e. The molecule has 0 spiro atoms. The predicted molar refractivity (Wildman–Crippen MR) is 110 cm³/mol. The van der Waals surface area contributed by atoms with Gasteiger partial charge in [0.05, 0.1) is 30.0 Å². The number of ether oxygens (including phenoxy) is 3. The summed E-state index contributed by atoms with van der Waals surface area (Å²) in [5, 5.41) is 0. The smallest absolute Gasteiger partial charge is 0.337 e. The van der Waals surface area contributed by atoms with Crippen LogP contribution in [-0.2, 0) is 16.1 Å². The number of amides is 1. The minimum absolute atomic E-state index is 0.205. The summed E-state index contributed by atoms with van der Waals surface area (Å²) in [7, 11) is 2.89. The lowest BCUT2D eigenvalue weighted by Gasteiger charge is -2.05. The van der Waals surface area contributed by atoms with Crippen LogP contribution >= 0.6 is 11.3 Å². The third-order valence-corrected chi connectivity index (χ3v) is 5.08. The van der Waals surface area contributed by atoms with Crippen LogP contribution < -0.4 is 14.3 Å². The van der Waals surface area contributed by atoms with Crippen molar-refractivity contribution in [2.24, 2.45) is 4.99 Å². The number of carbonyl (C=O) groups excluding carboxylic acids is 2. The zero-order valence-corrected chi connectivity index (χ0v) is 16.9. The molecular formula is C21H20N2O5S. The van der Waals surface area contributed by atoms with E-state index >= 15 is 0 Å². The number of fused-ring (bicyclic) bond motifs is 1. The SMILES string of the molecule is C=CCn1c(=NC(=O)COc2cccc(OC)c2)sc2cc(C(=O)OC)ccc21. The summed E-state index contributed by atoms with van der Waals surface area (Å²) >= 11 is 1.31. The number of nitrogens with zero attached hydrogens (tertiary/aromatic N) is 2. The predicted octanol–water partition coefficient (Wildman–Crippen LogP) is 3.19. The van der Waals surface area contributed by atoms with Crippen molar-refractivity contribution in [3.63, 3.8) is 0 Å². The molecule has 0 aliphatic carbocycles. The Bertz CT molecular complexity index is 1130. The maximum absolute atomic E-state index is 12.4. The number of esters is 1. The van der Waals surface area contributed by atoms with Crippen molar-refractivity contribution >= 4 is 33.4 Å². The second-order valence-electron chi connectivity index (χ2n) is 5.93. The van der Waals surface area contributed by atoms with E-state index in [-0.39, 0.29) is 6.61 Å². The van der Waals surface area contributed by atoms with Crippen LogP contribution in [0.1, 0.15) is 10.4 Å². The summed E-state index contributed by atoms with van der Waals surface area (Å²) in [6, 6.07) is 12.2. The van der Waals surface area contributed by atoms with E-state index in [0.717, 1.165) is 10.2 Å². The molecule has 0 bridgehead atoms. The van der Waals surface area contributed by atoms with E-state index in [1.165, 1.54) is 18.4 Å². The molecule has 150 valence electrons. The minimum atomic E-state index is -0.426. The zero-order chi connectivity index (χ0) is 20.8. The first-order chi connectivity index (χ1) is 14.0. The lowest BCUT2D eigenvalue weighted by atomic mass is 10.2. The van der Waals surface area contributed by atoms with Crippen molar-refractivity contribution < 1.29 is 23.8 Å². The van der Waals surface area contributed by atoms with E-state index in [4.69, 9.17) is 14.2 Å². The molecular weight excluding hydrogens is 392 g/mol. The molecule has 0 N–H and O–H groups in total. The summed E-state index contributed by atoms with van der Waals surface area (Å²) in [6.45, 7) is 4.03. The topological polar surface area (TPSA) is 79.1 Å². The second-order valence-corrected chi connectivity index (χ2v) is 6.94. The van der Waals surface area contributed by atoms with Crippen LogP contribution in [0.3, 0.4) is 0 Å². The third-order valence-electron chi connectivity index (χ3n) is 4.04. The van der Waals surface area contributed by atoms with Gasteiger partial charge in [-0.25, -0.2) is 4.79 Å². The van der Waals surface area contributed by atoms with Crippen molar-refractivity contribution in [1.29, 1.82) is 0 Å². The standard InChI is InChI=1S/C21H20N2O5S/c1-4-10-23-17-9-8-14(20(25)27-3)11-18(17)29-21(23)22-19(24)13-28-16-7-5-6-15(12-16)26-2/h4-9,11-12H,1,10,13H2,2-3H3. The Hall–Kier alpha value is -3.39. The van der Waals surface area contributed by atoms with E-state index in [0.29, 0.717) is 28.4 Å². The Morgan fingerprint density at radius 3 is 2.69 bits per heavy atom. The summed E-state index contributed by atoms with van der Waals surface area (Å²) < 4.78 is 18.1. The molecule has 29 heavy (non-hydrogen) atoms. The first kappa shape index (κ1) is 20.3. The minimum Gasteiger partial charge on any atom is -0.497 e. The molecule has 0 saturated heterocycles. The molecule has 0 fully saturated rings. The summed E-state index contributed by atoms with van der Waals surface area (Å²) in [5.41, 5.74) is 1.29. The van der Waals surface area contributed by atoms with Gasteiger partial charge in [-0.2, -0.15) is 4.99 Å². The van der Waals surface area contributed by atoms with E-state index in [1.807, 2.05) is 4.57 Å². The van der Waals surface area contributed by atoms with Gasteiger partial charge in [0.15, 0.2) is 11.4 Å². The summed E-state index contributed by atoms with van der Waals surface area (Å²) in [5.74, 6) is 0.315. The highest BCUT2D eigenvalue weighted by Crippen LogP contribution is 2.20. The van der Waals surface area contributed by atoms with Crippen LogP contribution in [0.5, 0.6) is 11.5 Å². The fraction of sp³-hybridized carbons (Fsp3) is 0.190. The van der Waals surface area contributed by atoms with Gasteiger partial charge in [0.2, 0.25) is 0 Å². The Balaban J connectivity index is 1.88. The lowest BCUT2D eigenvalue weighted by Crippen LogP contribution is -2.19. The van der Waals surface area contributed by atoms with Crippen LogP contribution in [0.4, 0.5) is 0 Å². The molecule has 1 heterocycles. The highest BCUT2D eigenvalue weighted by atomic mass is 32.1. The summed E-state index contributed by atoms with van der Waals surface area (Å²) in [6.07, 6.45) is 1.72. The highest BCUT2D eigenvalue weighted by molar-refractivity contribution is 7.16. The Labute approximate surface area is 171 Å². The highest BCUT2D eigenvalue weighted by Gasteiger charge is 2.12. The Kier molecular flexibility index (Phi) is 6.46. The Morgan fingerprint density at radius 2 is 1.97 bits per heavy atom. The van der Waals surface area contributed by atoms with E-state index in [2.05, 4.69) is 11.6 Å². The first-order valence-electron chi connectivity index (χ1n) is 8.72. The van der Waals surface area contributed by atoms with Crippen molar-refractivity contribution in [1.82, 2.24) is 4.57 Å². The van der Waals surface area contributed by atoms with Crippen molar-refractivity contribution in [2.45, 2.75) is 6.54 Å². The monoisotopic (exact) mass is 412 g/mol. The number of aromatic nitrogens is 1. The van der Waals surface area contributed by atoms with Gasteiger partial charge in [-0.15, -0.1) is 6.58 Å². The van der Waals surface area contributed by atoms with E-state index < -0.39 is 11.9 Å². The number of thiazole rings is 1. The molecule has 7 nitrogen and oxygen atoms in total. The molecule has 3 aromatic rings. The van der Waals surface area contributed by atoms with Crippen molar-refractivity contribution in [3.05, 3.63) is 65.5 Å². The zero-order valence-electron chi connectivity index (χ0n) is 16.1. The molecule has 0 atom stereocenters. The average molecular weight is 412 g/mol. The lowest BCUT2D eigenvalue weighted by molar-refractivity contribution is -0.120. The van der Waals surface area contributed by atoms with Crippen LogP contribution in [-0.4, -0.2) is 37.3 Å². The molecule has 0 aliphatic rings. The van der Waals surface area contributed by atoms with Gasteiger partial charge in [-0.1, -0.05) is 23.5 Å². The van der Waals surface area contributed by atoms with Gasteiger partial charge in [0.25, 0.3) is 5.91 Å². The van der Waals surface area contributed by atoms with E-state index in [1.54, 1.807) is 55.7 Å². The number of allylic oxidation sites excluding steroid dienone is 1. The normalized spacial score (nSPS) is 11.3. The van der Waals surface area contributed by atoms with Crippen LogP contribution in [0.25, 0.3) is 10.2 Å². The number of rotatable bonds is 7. The van der Waals surface area contributed by atoms with Crippen LogP contribution in [0.2, 0.25) is 0 Å². The quantitative estimate of drug-likeness (QED) is 0.440. The fourth-order valence-electron chi connectivity index (χ4n) is 2.68. The van der Waals surface area contributed by atoms with Gasteiger partial charge >= 0.3 is 5.97 Å². The first-order valence-corrected chi connectivity index (χ1v) is 9.54. The number of hydrogen-bond donors (Lipinski definition) is 0. The number of methoxy groups -OCH3 is 2. The fourth-order valence-corrected chi connectivity index (χ4v) is 3.78. The molecule has 0 radical (unpaired) electrons. The third kappa shape index (κ3) is 4.72. The van der Waals surface area contributed by atoms with Gasteiger partial charge < -0.3 is 18.8 Å². The summed E-state index contributed by atoms with van der Waals surface area (Å²) in [4.78, 5) is 28.8. The van der Waals surface area contributed by atoms with Gasteiger partial charge in [0, 0.05) is 12.6 Å². The van der Waals surface area contributed by atoms with Crippen LogP contribution in [0, 0.1) is 0 Å². The molecule has 3 rings (SSSR count). The molecule has 0 aliphatic heterocycles. The second kappa shape index (κ2) is 9.20. The molecule has 0 unspecified atom stereocenters. The van der Waals surface area contributed by atoms with Gasteiger partial charge in [0.1, 0.15) is 11.5 Å². The number of benzene rings is 2. The molecule has 8 heteroatoms. The molecule has 0 saturated carbocycles.